The Labute approximate surface area is 228 Å². The lowest BCUT2D eigenvalue weighted by Gasteiger charge is -2.17. The van der Waals surface area contributed by atoms with Crippen LogP contribution in [0.1, 0.15) is 39.2 Å². The molecule has 1 rings (SSSR count). The van der Waals surface area contributed by atoms with Crippen molar-refractivity contribution in [1.29, 1.82) is 0 Å². The number of Topliss-reactive ketones (excluding diaryl/α,β-unsaturated/α-hetero) is 1. The molecule has 0 aromatic heterocycles. The summed E-state index contributed by atoms with van der Waals surface area (Å²) in [4.78, 5) is 13.7. The molecule has 7 heteroatoms. The van der Waals surface area contributed by atoms with Gasteiger partial charge in [-0.2, -0.15) is 24.4 Å². The molecule has 0 spiro atoms. The number of hydrogen-bond donors (Lipinski definition) is 3. The smallest absolute Gasteiger partial charge is 0.174 e. The minimum atomic E-state index is -0.829. The van der Waals surface area contributed by atoms with Crippen molar-refractivity contribution in [1.82, 2.24) is 0 Å². The number of ketones is 1. The minimum Gasteiger partial charge on any atom is -0.390 e. The van der Waals surface area contributed by atoms with Crippen molar-refractivity contribution in [3.63, 3.8) is 0 Å². The molecule has 0 saturated heterocycles. The summed E-state index contributed by atoms with van der Waals surface area (Å²) >= 11 is 5.55. The van der Waals surface area contributed by atoms with Gasteiger partial charge in [0.1, 0.15) is 9.12 Å². The van der Waals surface area contributed by atoms with E-state index in [0.717, 1.165) is 22.3 Å². The number of carbonyl (C=O) groups is 1. The molecular weight excluding hydrogens is 507 g/mol. The Hall–Kier alpha value is -1.95. The second-order valence-corrected chi connectivity index (χ2v) is 9.61. The maximum Gasteiger partial charge on any atom is 0.174 e. The largest absolute Gasteiger partial charge is 0.390 e. The van der Waals surface area contributed by atoms with Crippen LogP contribution in [0, 0.1) is 0 Å². The zero-order valence-corrected chi connectivity index (χ0v) is 24.3. The lowest BCUT2D eigenvalue weighted by atomic mass is 9.85. The summed E-state index contributed by atoms with van der Waals surface area (Å²) in [6, 6.07) is 9.76. The number of thioether (sulfide) groups is 1. The average Bonchev–Trinajstić information content (AvgIpc) is 2.87. The van der Waals surface area contributed by atoms with Crippen molar-refractivity contribution >= 4 is 39.3 Å². The van der Waals surface area contributed by atoms with Crippen LogP contribution in [0.15, 0.2) is 102 Å². The Morgan fingerprint density at radius 3 is 2.22 bits per heavy atom. The monoisotopic (exact) mass is 546 g/mol. The first kappa shape index (κ1) is 34.1. The fourth-order valence-corrected chi connectivity index (χ4v) is 4.61. The van der Waals surface area contributed by atoms with Crippen LogP contribution in [-0.2, 0) is 9.36 Å². The second kappa shape index (κ2) is 20.1. The highest BCUT2D eigenvalue weighted by atomic mass is 32.2. The van der Waals surface area contributed by atoms with E-state index in [0.29, 0.717) is 17.1 Å². The highest BCUT2D eigenvalue weighted by molar-refractivity contribution is 7.99. The van der Waals surface area contributed by atoms with Crippen LogP contribution in [0.25, 0.3) is 0 Å². The fourth-order valence-electron chi connectivity index (χ4n) is 3.38. The van der Waals surface area contributed by atoms with Crippen molar-refractivity contribution in [2.45, 2.75) is 45.8 Å². The van der Waals surface area contributed by atoms with Gasteiger partial charge < -0.3 is 10.2 Å². The molecule has 3 atom stereocenters. The zero-order chi connectivity index (χ0) is 27.5. The molecule has 3 unspecified atom stereocenters. The number of rotatable bonds is 14. The molecule has 1 aromatic carbocycles. The lowest BCUT2D eigenvalue weighted by Crippen LogP contribution is -2.29. The van der Waals surface area contributed by atoms with E-state index in [1.165, 1.54) is 11.8 Å². The molecular formula is C29H39O4PS2. The van der Waals surface area contributed by atoms with Gasteiger partial charge in [0.15, 0.2) is 5.78 Å². The predicted molar refractivity (Wildman–Crippen MR) is 161 cm³/mol. The van der Waals surface area contributed by atoms with Gasteiger partial charge in [-0.05, 0) is 44.4 Å². The van der Waals surface area contributed by atoms with Crippen LogP contribution >= 0.6 is 33.5 Å². The first-order chi connectivity index (χ1) is 17.2. The van der Waals surface area contributed by atoms with E-state index in [2.05, 4.69) is 19.2 Å². The summed E-state index contributed by atoms with van der Waals surface area (Å²) in [5.41, 5.74) is 4.23. The Balaban J connectivity index is 0.00000596. The first-order valence-electron chi connectivity index (χ1n) is 11.6. The third-order valence-electron chi connectivity index (χ3n) is 5.05. The average molecular weight is 547 g/mol. The maximum atomic E-state index is 13.7. The van der Waals surface area contributed by atoms with E-state index in [1.54, 1.807) is 9.12 Å². The van der Waals surface area contributed by atoms with E-state index in [1.807, 2.05) is 101 Å². The molecule has 0 heterocycles. The van der Waals surface area contributed by atoms with E-state index < -0.39 is 18.1 Å². The van der Waals surface area contributed by atoms with Crippen molar-refractivity contribution < 1.29 is 19.6 Å². The van der Waals surface area contributed by atoms with E-state index >= 15 is 0 Å². The van der Waals surface area contributed by atoms with Gasteiger partial charge in [-0.25, -0.2) is 0 Å². The normalized spacial score (nSPS) is 15.4. The molecule has 36 heavy (non-hydrogen) atoms. The number of thiol groups is 1. The Kier molecular flexibility index (Phi) is 19.1. The molecule has 2 N–H and O–H groups in total. The minimum absolute atomic E-state index is 0.0101. The topological polar surface area (TPSA) is 74.6 Å². The van der Waals surface area contributed by atoms with E-state index in [9.17, 15) is 15.0 Å². The molecule has 0 aliphatic heterocycles. The van der Waals surface area contributed by atoms with Crippen LogP contribution in [0.4, 0.5) is 0 Å². The maximum absolute atomic E-state index is 13.7. The number of aliphatic hydroxyl groups excluding tert-OH is 2. The van der Waals surface area contributed by atoms with Gasteiger partial charge in [0.25, 0.3) is 0 Å². The van der Waals surface area contributed by atoms with Crippen molar-refractivity contribution in [2.75, 3.05) is 17.3 Å². The van der Waals surface area contributed by atoms with Crippen LogP contribution in [-0.4, -0.2) is 45.5 Å². The summed E-state index contributed by atoms with van der Waals surface area (Å²) < 4.78 is 8.06. The van der Waals surface area contributed by atoms with Gasteiger partial charge in [-0.3, -0.25) is 9.36 Å². The highest BCUT2D eigenvalue weighted by Gasteiger charge is 2.23. The zero-order valence-electron chi connectivity index (χ0n) is 21.6. The summed E-state index contributed by atoms with van der Waals surface area (Å²) in [7, 11) is 1.72. The van der Waals surface area contributed by atoms with E-state index in [4.69, 9.17) is 4.57 Å². The van der Waals surface area contributed by atoms with Crippen LogP contribution in [0.5, 0.6) is 0 Å². The quantitative estimate of drug-likeness (QED) is 0.104. The standard InChI is InChI=1S/C29H38O3S2.HOP/c1-6-7-8-9-13-16-25(24-14-11-10-12-15-24)29(32)28(21(2)3)23(5)17-22(4)19-34-20-27(31)26(30)18-33;1-2/h6-17,25-27,30-31,33H,2,18-20H2,1,3-5H3;2H/b7-6-,9-8-,16-13+,22-17+,28-23+;. The predicted octanol–water partition coefficient (Wildman–Crippen LogP) is 6.73. The first-order valence-corrected chi connectivity index (χ1v) is 13.8. The van der Waals surface area contributed by atoms with Crippen molar-refractivity contribution in [3.05, 3.63) is 107 Å². The number of benzene rings is 1. The molecule has 0 fully saturated rings. The highest BCUT2D eigenvalue weighted by Crippen LogP contribution is 2.28. The Bertz CT molecular complexity index is 965. The SMILES string of the molecule is C=C(C)/C(C(=O)C(/C=C/C=C\C=C/C)c1ccccc1)=C(C)\C=C(/C)CSCC(O)C(O)CS.O=P. The molecule has 0 bridgehead atoms. The van der Waals surface area contributed by atoms with Gasteiger partial charge in [0.05, 0.1) is 18.1 Å². The van der Waals surface area contributed by atoms with Gasteiger partial charge >= 0.3 is 0 Å². The molecule has 196 valence electrons. The second-order valence-electron chi connectivity index (χ2n) is 8.21. The molecule has 0 saturated carbocycles. The molecule has 0 radical (unpaired) electrons. The Morgan fingerprint density at radius 1 is 1.06 bits per heavy atom. The van der Waals surface area contributed by atoms with Gasteiger partial charge in [0.2, 0.25) is 0 Å². The van der Waals surface area contributed by atoms with E-state index in [-0.39, 0.29) is 11.5 Å². The number of carbonyl (C=O) groups excluding carboxylic acids is 1. The number of aliphatic hydroxyl groups is 2. The third-order valence-corrected chi connectivity index (χ3v) is 6.66. The molecule has 4 nitrogen and oxygen atoms in total. The summed E-state index contributed by atoms with van der Waals surface area (Å²) in [5, 5.41) is 19.6. The fraction of sp³-hybridized carbons (Fsp3) is 0.345. The summed E-state index contributed by atoms with van der Waals surface area (Å²) in [5.74, 6) is 0.923. The van der Waals surface area contributed by atoms with Crippen molar-refractivity contribution in [2.24, 2.45) is 0 Å². The van der Waals surface area contributed by atoms with Gasteiger partial charge in [-0.1, -0.05) is 85.0 Å². The van der Waals surface area contributed by atoms with Gasteiger partial charge in [-0.15, -0.1) is 0 Å². The Morgan fingerprint density at radius 2 is 1.67 bits per heavy atom. The van der Waals surface area contributed by atoms with Crippen LogP contribution in [0.2, 0.25) is 0 Å². The van der Waals surface area contributed by atoms with Crippen LogP contribution in [0.3, 0.4) is 0 Å². The summed E-state index contributed by atoms with van der Waals surface area (Å²) in [6.45, 7) is 11.8. The van der Waals surface area contributed by atoms with Crippen molar-refractivity contribution in [3.8, 4) is 0 Å². The molecule has 0 amide bonds. The lowest BCUT2D eigenvalue weighted by molar-refractivity contribution is -0.115. The molecule has 1 aromatic rings. The molecule has 0 aliphatic rings. The molecule has 0 aliphatic carbocycles. The number of hydrogen-bond acceptors (Lipinski definition) is 6. The van der Waals surface area contributed by atoms with Crippen LogP contribution < -0.4 is 0 Å². The number of allylic oxidation sites excluding steroid dienone is 10. The van der Waals surface area contributed by atoms with Gasteiger partial charge in [0, 0.05) is 22.8 Å². The third kappa shape index (κ3) is 12.8. The summed E-state index contributed by atoms with van der Waals surface area (Å²) in [6.07, 6.45) is 11.9.